The normalized spacial score (nSPS) is 22.4. The fourth-order valence-corrected chi connectivity index (χ4v) is 3.06. The van der Waals surface area contributed by atoms with Crippen molar-refractivity contribution in [2.45, 2.75) is 44.6 Å². The van der Waals surface area contributed by atoms with Crippen molar-refractivity contribution in [3.8, 4) is 0 Å². The Hall–Kier alpha value is -0.540. The lowest BCUT2D eigenvalue weighted by atomic mass is 9.96. The van der Waals surface area contributed by atoms with Gasteiger partial charge in [-0.3, -0.25) is 9.88 Å². The van der Waals surface area contributed by atoms with E-state index in [0.717, 1.165) is 12.2 Å². The summed E-state index contributed by atoms with van der Waals surface area (Å²) in [7, 11) is 2.25. The molecule has 2 nitrogen and oxygen atoms in total. The maximum absolute atomic E-state index is 4.41. The van der Waals surface area contributed by atoms with Crippen molar-refractivity contribution in [1.82, 2.24) is 9.88 Å². The molecule has 0 bridgehead atoms. The molecule has 2 rings (SSSR count). The molecule has 3 heteroatoms. The number of hydrogen-bond donors (Lipinski definition) is 1. The Morgan fingerprint density at radius 3 is 2.94 bits per heavy atom. The van der Waals surface area contributed by atoms with Crippen LogP contribution in [-0.2, 0) is 6.42 Å². The van der Waals surface area contributed by atoms with Crippen molar-refractivity contribution in [3.05, 3.63) is 29.6 Å². The van der Waals surface area contributed by atoms with Gasteiger partial charge in [0.25, 0.3) is 0 Å². The van der Waals surface area contributed by atoms with Crippen LogP contribution in [-0.4, -0.2) is 29.2 Å². The predicted octanol–water partition coefficient (Wildman–Crippen LogP) is 3.49. The number of aryl methyl sites for hydroxylation is 1. The molecule has 1 aromatic rings. The van der Waals surface area contributed by atoms with Gasteiger partial charge < -0.3 is 0 Å². The Bertz CT molecular complexity index is 367. The van der Waals surface area contributed by atoms with Crippen molar-refractivity contribution in [2.24, 2.45) is 0 Å². The van der Waals surface area contributed by atoms with Gasteiger partial charge in [0.15, 0.2) is 0 Å². The van der Waals surface area contributed by atoms with E-state index in [0.29, 0.717) is 6.04 Å². The first-order valence-electron chi connectivity index (χ1n) is 7.06. The molecule has 0 unspecified atom stereocenters. The maximum atomic E-state index is 4.41. The first kappa shape index (κ1) is 13.9. The Morgan fingerprint density at radius 1 is 1.28 bits per heavy atom. The van der Waals surface area contributed by atoms with Gasteiger partial charge in [-0.1, -0.05) is 25.3 Å². The molecule has 0 aromatic carbocycles. The van der Waals surface area contributed by atoms with Crippen molar-refractivity contribution < 1.29 is 0 Å². The molecule has 0 radical (unpaired) electrons. The predicted molar refractivity (Wildman–Crippen MR) is 80.3 cm³/mol. The summed E-state index contributed by atoms with van der Waals surface area (Å²) >= 11 is 4.30. The average Bonchev–Trinajstić information content (AvgIpc) is 2.35. The minimum atomic E-state index is 0.553. The minimum absolute atomic E-state index is 0.553. The highest BCUT2D eigenvalue weighted by Crippen LogP contribution is 2.28. The van der Waals surface area contributed by atoms with Crippen molar-refractivity contribution in [3.63, 3.8) is 0 Å². The van der Waals surface area contributed by atoms with Gasteiger partial charge in [-0.25, -0.2) is 0 Å². The largest absolute Gasteiger partial charge is 0.299 e. The molecule has 100 valence electrons. The zero-order valence-corrected chi connectivity index (χ0v) is 12.2. The van der Waals surface area contributed by atoms with Gasteiger partial charge in [0, 0.05) is 18.4 Å². The highest BCUT2D eigenvalue weighted by Gasteiger charge is 2.18. The van der Waals surface area contributed by atoms with Crippen LogP contribution in [0.25, 0.3) is 0 Å². The number of hydrogen-bond acceptors (Lipinski definition) is 3. The molecule has 0 spiro atoms. The lowest BCUT2D eigenvalue weighted by molar-refractivity contribution is 0.209. The van der Waals surface area contributed by atoms with Crippen LogP contribution in [0.1, 0.15) is 49.3 Å². The molecule has 1 aliphatic heterocycles. The third kappa shape index (κ3) is 3.72. The molecule has 18 heavy (non-hydrogen) atoms. The molecule has 1 fully saturated rings. The minimum Gasteiger partial charge on any atom is -0.299 e. The Kier molecular flexibility index (Phi) is 5.51. The van der Waals surface area contributed by atoms with Crippen LogP contribution in [0.4, 0.5) is 0 Å². The Balaban J connectivity index is 2.13. The molecule has 0 N–H and O–H groups in total. The number of thiol groups is 1. The summed E-state index contributed by atoms with van der Waals surface area (Å²) in [4.78, 5) is 6.91. The first-order valence-corrected chi connectivity index (χ1v) is 7.69. The lowest BCUT2D eigenvalue weighted by Crippen LogP contribution is -2.27. The molecular weight excluding hydrogens is 240 g/mol. The van der Waals surface area contributed by atoms with E-state index in [-0.39, 0.29) is 0 Å². The van der Waals surface area contributed by atoms with Gasteiger partial charge in [-0.2, -0.15) is 12.6 Å². The molecular formula is C15H24N2S. The van der Waals surface area contributed by atoms with E-state index in [1.807, 2.05) is 12.4 Å². The summed E-state index contributed by atoms with van der Waals surface area (Å²) in [5, 5.41) is 0. The van der Waals surface area contributed by atoms with Crippen LogP contribution in [0.5, 0.6) is 0 Å². The molecule has 1 aliphatic rings. The van der Waals surface area contributed by atoms with Crippen LogP contribution < -0.4 is 0 Å². The molecule has 1 aromatic heterocycles. The van der Waals surface area contributed by atoms with Crippen molar-refractivity contribution >= 4 is 12.6 Å². The van der Waals surface area contributed by atoms with E-state index in [9.17, 15) is 0 Å². The quantitative estimate of drug-likeness (QED) is 0.841. The molecule has 2 heterocycles. The van der Waals surface area contributed by atoms with Crippen LogP contribution in [0.15, 0.2) is 18.5 Å². The number of likely N-dealkylation sites (tertiary alicyclic amines) is 1. The van der Waals surface area contributed by atoms with Gasteiger partial charge in [0.2, 0.25) is 0 Å². The number of pyridine rings is 1. The first-order chi connectivity index (χ1) is 8.81. The van der Waals surface area contributed by atoms with Gasteiger partial charge in [0.1, 0.15) is 0 Å². The average molecular weight is 264 g/mol. The third-order valence-corrected chi connectivity index (χ3v) is 4.10. The SMILES string of the molecule is CN1CCCCCC[C@H]1c1cncc(CCS)c1. The van der Waals surface area contributed by atoms with Crippen molar-refractivity contribution in [2.75, 3.05) is 19.3 Å². The standard InChI is InChI=1S/C15H24N2S/c1-17-8-5-3-2-4-6-15(17)14-10-13(7-9-18)11-16-12-14/h10-12,15,18H,2-9H2,1H3/t15-/m0/s1. The van der Waals surface area contributed by atoms with E-state index in [1.54, 1.807) is 0 Å². The fourth-order valence-electron chi connectivity index (χ4n) is 2.81. The van der Waals surface area contributed by atoms with E-state index in [2.05, 4.69) is 35.6 Å². The van der Waals surface area contributed by atoms with E-state index >= 15 is 0 Å². The monoisotopic (exact) mass is 264 g/mol. The van der Waals surface area contributed by atoms with Gasteiger partial charge in [-0.15, -0.1) is 0 Å². The second-order valence-corrected chi connectivity index (χ2v) is 5.75. The molecule has 1 saturated heterocycles. The molecule has 0 aliphatic carbocycles. The second-order valence-electron chi connectivity index (χ2n) is 5.30. The maximum Gasteiger partial charge on any atom is 0.0360 e. The van der Waals surface area contributed by atoms with Gasteiger partial charge in [-0.05, 0) is 49.7 Å². The van der Waals surface area contributed by atoms with Gasteiger partial charge in [0.05, 0.1) is 0 Å². The summed E-state index contributed by atoms with van der Waals surface area (Å²) in [6.45, 7) is 1.21. The van der Waals surface area contributed by atoms with E-state index in [4.69, 9.17) is 0 Å². The number of rotatable bonds is 3. The van der Waals surface area contributed by atoms with Crippen LogP contribution in [0.3, 0.4) is 0 Å². The zero-order chi connectivity index (χ0) is 12.8. The summed E-state index contributed by atoms with van der Waals surface area (Å²) in [5.41, 5.74) is 2.71. The lowest BCUT2D eigenvalue weighted by Gasteiger charge is -2.30. The number of nitrogens with zero attached hydrogens (tertiary/aromatic N) is 2. The summed E-state index contributed by atoms with van der Waals surface area (Å²) in [5.74, 6) is 0.894. The second kappa shape index (κ2) is 7.15. The molecule has 0 saturated carbocycles. The van der Waals surface area contributed by atoms with E-state index in [1.165, 1.54) is 49.8 Å². The topological polar surface area (TPSA) is 16.1 Å². The highest BCUT2D eigenvalue weighted by molar-refractivity contribution is 7.80. The molecule has 0 amide bonds. The van der Waals surface area contributed by atoms with Gasteiger partial charge >= 0.3 is 0 Å². The van der Waals surface area contributed by atoms with Crippen LogP contribution in [0.2, 0.25) is 0 Å². The smallest absolute Gasteiger partial charge is 0.0360 e. The fraction of sp³-hybridized carbons (Fsp3) is 0.667. The zero-order valence-electron chi connectivity index (χ0n) is 11.3. The number of aromatic nitrogens is 1. The highest BCUT2D eigenvalue weighted by atomic mass is 32.1. The van der Waals surface area contributed by atoms with Crippen LogP contribution in [0, 0.1) is 0 Å². The van der Waals surface area contributed by atoms with Crippen molar-refractivity contribution in [1.29, 1.82) is 0 Å². The Morgan fingerprint density at radius 2 is 2.11 bits per heavy atom. The third-order valence-electron chi connectivity index (χ3n) is 3.87. The Labute approximate surface area is 116 Å². The van der Waals surface area contributed by atoms with Crippen LogP contribution >= 0.6 is 12.6 Å². The van der Waals surface area contributed by atoms with E-state index < -0.39 is 0 Å². The summed E-state index contributed by atoms with van der Waals surface area (Å²) in [6.07, 6.45) is 11.7. The summed E-state index contributed by atoms with van der Waals surface area (Å²) in [6, 6.07) is 2.88. The molecule has 1 atom stereocenters. The summed E-state index contributed by atoms with van der Waals surface area (Å²) < 4.78 is 0.